The van der Waals surface area contributed by atoms with Crippen molar-refractivity contribution in [2.24, 2.45) is 0 Å². The van der Waals surface area contributed by atoms with Gasteiger partial charge in [0.25, 0.3) is 0 Å². The van der Waals surface area contributed by atoms with Gasteiger partial charge in [-0.2, -0.15) is 4.98 Å². The quantitative estimate of drug-likeness (QED) is 0.472. The molecule has 0 saturated heterocycles. The minimum absolute atomic E-state index is 0.0472. The number of aryl methyl sites for hydroxylation is 1. The number of aromatic nitrogens is 2. The van der Waals surface area contributed by atoms with E-state index in [2.05, 4.69) is 22.1 Å². The van der Waals surface area contributed by atoms with E-state index in [0.717, 1.165) is 41.3 Å². The molecule has 1 atom stereocenters. The standard InChI is InChI=1S/C24H25FN4O2/c1-14-15(2)26-24(27-20-8-6-19(25)7-9-20)28-23(14)29-12-11-18-5-10-21(31-17(4)30)13-22(18)16(29)3/h5-10,13,16H,11-12H2,1-4H3,(H,26,27,28). The van der Waals surface area contributed by atoms with Crippen molar-refractivity contribution in [1.29, 1.82) is 0 Å². The first-order chi connectivity index (χ1) is 14.8. The van der Waals surface area contributed by atoms with E-state index in [0.29, 0.717) is 11.7 Å². The Balaban J connectivity index is 1.66. The Kier molecular flexibility index (Phi) is 5.59. The molecule has 1 aliphatic rings. The zero-order valence-electron chi connectivity index (χ0n) is 18.1. The maximum Gasteiger partial charge on any atom is 0.308 e. The largest absolute Gasteiger partial charge is 0.427 e. The molecule has 0 fully saturated rings. The highest BCUT2D eigenvalue weighted by atomic mass is 19.1. The summed E-state index contributed by atoms with van der Waals surface area (Å²) in [7, 11) is 0. The predicted molar refractivity (Wildman–Crippen MR) is 118 cm³/mol. The third kappa shape index (κ3) is 4.35. The van der Waals surface area contributed by atoms with Crippen LogP contribution in [0.25, 0.3) is 0 Å². The number of ether oxygens (including phenoxy) is 1. The fraction of sp³-hybridized carbons (Fsp3) is 0.292. The van der Waals surface area contributed by atoms with Gasteiger partial charge in [0.1, 0.15) is 17.4 Å². The Morgan fingerprint density at radius 3 is 2.61 bits per heavy atom. The summed E-state index contributed by atoms with van der Waals surface area (Å²) in [5, 5.41) is 3.17. The second-order valence-electron chi connectivity index (χ2n) is 7.79. The van der Waals surface area contributed by atoms with E-state index in [4.69, 9.17) is 9.72 Å². The van der Waals surface area contributed by atoms with E-state index >= 15 is 0 Å². The van der Waals surface area contributed by atoms with Gasteiger partial charge in [0.05, 0.1) is 6.04 Å². The maximum absolute atomic E-state index is 13.2. The average Bonchev–Trinajstić information content (AvgIpc) is 2.73. The molecule has 6 nitrogen and oxygen atoms in total. The van der Waals surface area contributed by atoms with Crippen LogP contribution in [0.5, 0.6) is 5.75 Å². The fourth-order valence-electron chi connectivity index (χ4n) is 3.92. The Labute approximate surface area is 181 Å². The van der Waals surface area contributed by atoms with Crippen LogP contribution in [0, 0.1) is 19.7 Å². The minimum atomic E-state index is -0.334. The van der Waals surface area contributed by atoms with Crippen LogP contribution < -0.4 is 15.0 Å². The highest BCUT2D eigenvalue weighted by Crippen LogP contribution is 2.36. The average molecular weight is 420 g/mol. The predicted octanol–water partition coefficient (Wildman–Crippen LogP) is 5.03. The Morgan fingerprint density at radius 1 is 1.16 bits per heavy atom. The number of esters is 1. The van der Waals surface area contributed by atoms with Gasteiger partial charge in [-0.3, -0.25) is 4.79 Å². The number of nitrogens with one attached hydrogen (secondary N) is 1. The van der Waals surface area contributed by atoms with Gasteiger partial charge < -0.3 is 15.0 Å². The fourth-order valence-corrected chi connectivity index (χ4v) is 3.92. The summed E-state index contributed by atoms with van der Waals surface area (Å²) in [6.45, 7) is 8.31. The van der Waals surface area contributed by atoms with E-state index in [-0.39, 0.29) is 17.8 Å². The molecule has 160 valence electrons. The van der Waals surface area contributed by atoms with Crippen molar-refractivity contribution in [3.05, 3.63) is 70.7 Å². The van der Waals surface area contributed by atoms with Gasteiger partial charge in [0.15, 0.2) is 0 Å². The van der Waals surface area contributed by atoms with Crippen molar-refractivity contribution < 1.29 is 13.9 Å². The molecule has 4 rings (SSSR count). The summed E-state index contributed by atoms with van der Waals surface area (Å²) in [5.74, 6) is 1.25. The van der Waals surface area contributed by atoms with E-state index in [1.165, 1.54) is 24.6 Å². The van der Waals surface area contributed by atoms with Crippen molar-refractivity contribution >= 4 is 23.4 Å². The second-order valence-corrected chi connectivity index (χ2v) is 7.79. The normalized spacial score (nSPS) is 15.4. The Bertz CT molecular complexity index is 1130. The van der Waals surface area contributed by atoms with E-state index in [1.54, 1.807) is 12.1 Å². The highest BCUT2D eigenvalue weighted by molar-refractivity contribution is 5.69. The molecule has 31 heavy (non-hydrogen) atoms. The maximum atomic E-state index is 13.2. The lowest BCUT2D eigenvalue weighted by molar-refractivity contribution is -0.131. The smallest absolute Gasteiger partial charge is 0.308 e. The molecular formula is C24H25FN4O2. The summed E-state index contributed by atoms with van der Waals surface area (Å²) in [6.07, 6.45) is 0.864. The van der Waals surface area contributed by atoms with Gasteiger partial charge in [-0.15, -0.1) is 0 Å². The van der Waals surface area contributed by atoms with E-state index in [9.17, 15) is 9.18 Å². The van der Waals surface area contributed by atoms with Crippen LogP contribution in [0.3, 0.4) is 0 Å². The Morgan fingerprint density at radius 2 is 1.90 bits per heavy atom. The van der Waals surface area contributed by atoms with Crippen LogP contribution in [0.2, 0.25) is 0 Å². The topological polar surface area (TPSA) is 67.3 Å². The van der Waals surface area contributed by atoms with E-state index in [1.807, 2.05) is 32.0 Å². The molecule has 0 radical (unpaired) electrons. The van der Waals surface area contributed by atoms with Gasteiger partial charge in [0.2, 0.25) is 5.95 Å². The molecule has 1 aliphatic heterocycles. The molecule has 0 bridgehead atoms. The number of fused-ring (bicyclic) bond motifs is 1. The van der Waals surface area contributed by atoms with Gasteiger partial charge in [0, 0.05) is 30.4 Å². The van der Waals surface area contributed by atoms with Gasteiger partial charge in [-0.05, 0) is 74.7 Å². The summed E-state index contributed by atoms with van der Waals surface area (Å²) in [4.78, 5) is 23.0. The van der Waals surface area contributed by atoms with Crippen LogP contribution in [0.4, 0.5) is 21.8 Å². The molecule has 1 aromatic heterocycles. The first-order valence-electron chi connectivity index (χ1n) is 10.3. The monoisotopic (exact) mass is 420 g/mol. The van der Waals surface area contributed by atoms with Crippen LogP contribution >= 0.6 is 0 Å². The summed E-state index contributed by atoms with van der Waals surface area (Å²) < 4.78 is 18.5. The molecule has 1 N–H and O–H groups in total. The molecule has 2 heterocycles. The zero-order valence-corrected chi connectivity index (χ0v) is 18.1. The lowest BCUT2D eigenvalue weighted by Crippen LogP contribution is -2.35. The lowest BCUT2D eigenvalue weighted by atomic mass is 9.93. The van der Waals surface area contributed by atoms with Crippen molar-refractivity contribution in [3.63, 3.8) is 0 Å². The number of anilines is 3. The molecule has 0 amide bonds. The minimum Gasteiger partial charge on any atom is -0.427 e. The number of carbonyl (C=O) groups is 1. The van der Waals surface area contributed by atoms with Crippen molar-refractivity contribution in [1.82, 2.24) is 9.97 Å². The molecule has 0 aliphatic carbocycles. The summed E-state index contributed by atoms with van der Waals surface area (Å²) in [5.41, 5.74) is 4.97. The number of nitrogens with zero attached hydrogens (tertiary/aromatic N) is 3. The number of hydrogen-bond acceptors (Lipinski definition) is 6. The van der Waals surface area contributed by atoms with Crippen LogP contribution in [0.15, 0.2) is 42.5 Å². The molecule has 1 unspecified atom stereocenters. The highest BCUT2D eigenvalue weighted by Gasteiger charge is 2.27. The second kappa shape index (κ2) is 8.34. The first kappa shape index (κ1) is 20.8. The first-order valence-corrected chi connectivity index (χ1v) is 10.3. The number of benzene rings is 2. The molecule has 3 aromatic rings. The van der Waals surface area contributed by atoms with Crippen LogP contribution in [-0.2, 0) is 11.2 Å². The number of halogens is 1. The molecule has 0 spiro atoms. The van der Waals surface area contributed by atoms with Crippen molar-refractivity contribution in [2.75, 3.05) is 16.8 Å². The lowest BCUT2D eigenvalue weighted by Gasteiger charge is -2.37. The van der Waals surface area contributed by atoms with E-state index < -0.39 is 0 Å². The third-order valence-corrected chi connectivity index (χ3v) is 5.65. The number of hydrogen-bond donors (Lipinski definition) is 1. The SMILES string of the molecule is CC(=O)Oc1ccc2c(c1)C(C)N(c1nc(Nc3ccc(F)cc3)nc(C)c1C)CC2. The molecule has 2 aromatic carbocycles. The molecule has 7 heteroatoms. The van der Waals surface area contributed by atoms with Crippen molar-refractivity contribution in [2.45, 2.75) is 40.2 Å². The number of carbonyl (C=O) groups excluding carboxylic acids is 1. The summed E-state index contributed by atoms with van der Waals surface area (Å²) >= 11 is 0. The number of rotatable bonds is 4. The van der Waals surface area contributed by atoms with Gasteiger partial charge in [-0.1, -0.05) is 6.07 Å². The van der Waals surface area contributed by atoms with Gasteiger partial charge in [-0.25, -0.2) is 9.37 Å². The molecular weight excluding hydrogens is 395 g/mol. The summed E-state index contributed by atoms with van der Waals surface area (Å²) in [6, 6.07) is 12.0. The van der Waals surface area contributed by atoms with Crippen molar-refractivity contribution in [3.8, 4) is 5.75 Å². The van der Waals surface area contributed by atoms with Gasteiger partial charge >= 0.3 is 5.97 Å². The van der Waals surface area contributed by atoms with Crippen LogP contribution in [0.1, 0.15) is 42.3 Å². The molecule has 0 saturated carbocycles. The van der Waals surface area contributed by atoms with Crippen LogP contribution in [-0.4, -0.2) is 22.5 Å². The third-order valence-electron chi connectivity index (χ3n) is 5.65. The zero-order chi connectivity index (χ0) is 22.1. The Hall–Kier alpha value is -3.48.